The number of rotatable bonds is 6. The highest BCUT2D eigenvalue weighted by Crippen LogP contribution is 2.37. The fourth-order valence-electron chi connectivity index (χ4n) is 3.88. The lowest BCUT2D eigenvalue weighted by Crippen LogP contribution is -2.42. The summed E-state index contributed by atoms with van der Waals surface area (Å²) in [5.74, 6) is -0.0543. The van der Waals surface area contributed by atoms with Gasteiger partial charge in [-0.15, -0.1) is 0 Å². The van der Waals surface area contributed by atoms with Gasteiger partial charge in [-0.05, 0) is 54.4 Å². The van der Waals surface area contributed by atoms with Crippen molar-refractivity contribution in [1.29, 1.82) is 0 Å². The van der Waals surface area contributed by atoms with E-state index in [1.165, 1.54) is 17.1 Å². The zero-order chi connectivity index (χ0) is 21.1. The molecule has 6 nitrogen and oxygen atoms in total. The number of nitrogens with one attached hydrogen (secondary N) is 2. The van der Waals surface area contributed by atoms with Crippen molar-refractivity contribution in [2.45, 2.75) is 19.9 Å². The maximum absolute atomic E-state index is 12.6. The summed E-state index contributed by atoms with van der Waals surface area (Å²) >= 11 is 0. The van der Waals surface area contributed by atoms with Crippen LogP contribution < -0.4 is 10.6 Å². The third-order valence-corrected chi connectivity index (χ3v) is 5.46. The van der Waals surface area contributed by atoms with Gasteiger partial charge in [0.15, 0.2) is 0 Å². The Balaban J connectivity index is 1.62. The molecule has 1 atom stereocenters. The number of amides is 1. The van der Waals surface area contributed by atoms with Crippen LogP contribution in [0.15, 0.2) is 79.4 Å². The number of anilines is 2. The topological polar surface area (TPSA) is 71.8 Å². The van der Waals surface area contributed by atoms with Crippen molar-refractivity contribution in [2.75, 3.05) is 12.4 Å². The van der Waals surface area contributed by atoms with Crippen LogP contribution in [0, 0.1) is 5.41 Å². The van der Waals surface area contributed by atoms with Gasteiger partial charge in [-0.2, -0.15) is 5.10 Å². The lowest BCUT2D eigenvalue weighted by molar-refractivity contribution is -0.130. The second-order valence-electron chi connectivity index (χ2n) is 7.89. The van der Waals surface area contributed by atoms with Crippen molar-refractivity contribution in [3.8, 4) is 0 Å². The first-order chi connectivity index (χ1) is 14.5. The average Bonchev–Trinajstić information content (AvgIpc) is 3.28. The minimum Gasteiger partial charge on any atom is -0.359 e. The maximum Gasteiger partial charge on any atom is 0.227 e. The first-order valence-corrected chi connectivity index (χ1v) is 9.91. The molecular formula is C24H25N5O. The van der Waals surface area contributed by atoms with Crippen LogP contribution in [0.3, 0.4) is 0 Å². The molecule has 0 bridgehead atoms. The average molecular weight is 399 g/mol. The minimum atomic E-state index is -0.713. The zero-order valence-corrected chi connectivity index (χ0v) is 17.3. The van der Waals surface area contributed by atoms with Gasteiger partial charge in [-0.3, -0.25) is 4.79 Å². The molecule has 2 N–H and O–H groups in total. The Morgan fingerprint density at radius 1 is 0.967 bits per heavy atom. The quantitative estimate of drug-likeness (QED) is 0.499. The molecule has 152 valence electrons. The Hall–Kier alpha value is -3.67. The van der Waals surface area contributed by atoms with E-state index in [0.29, 0.717) is 0 Å². The molecule has 0 aliphatic heterocycles. The summed E-state index contributed by atoms with van der Waals surface area (Å²) in [7, 11) is 1.65. The van der Waals surface area contributed by atoms with Gasteiger partial charge in [-0.25, -0.2) is 9.67 Å². The van der Waals surface area contributed by atoms with Crippen LogP contribution in [0.5, 0.6) is 0 Å². The van der Waals surface area contributed by atoms with E-state index >= 15 is 0 Å². The highest BCUT2D eigenvalue weighted by Gasteiger charge is 2.39. The Bertz CT molecular complexity index is 1150. The lowest BCUT2D eigenvalue weighted by Gasteiger charge is -2.33. The van der Waals surface area contributed by atoms with Crippen LogP contribution in [0.25, 0.3) is 10.8 Å². The van der Waals surface area contributed by atoms with Gasteiger partial charge in [0.05, 0.1) is 11.5 Å². The van der Waals surface area contributed by atoms with E-state index < -0.39 is 5.41 Å². The van der Waals surface area contributed by atoms with Crippen molar-refractivity contribution in [1.82, 2.24) is 20.1 Å². The van der Waals surface area contributed by atoms with Gasteiger partial charge in [0, 0.05) is 18.4 Å². The summed E-state index contributed by atoms with van der Waals surface area (Å²) in [6, 6.07) is 22.4. The molecule has 0 radical (unpaired) electrons. The monoisotopic (exact) mass is 399 g/mol. The number of carbonyl (C=O) groups is 1. The molecule has 0 fully saturated rings. The maximum atomic E-state index is 12.6. The van der Waals surface area contributed by atoms with Gasteiger partial charge in [0.25, 0.3) is 0 Å². The van der Waals surface area contributed by atoms with Gasteiger partial charge in [0.1, 0.15) is 12.7 Å². The van der Waals surface area contributed by atoms with Gasteiger partial charge in [0.2, 0.25) is 5.91 Å². The summed E-state index contributed by atoms with van der Waals surface area (Å²) in [5.41, 5.74) is 2.28. The van der Waals surface area contributed by atoms with Crippen LogP contribution in [-0.2, 0) is 4.79 Å². The highest BCUT2D eigenvalue weighted by molar-refractivity contribution is 5.86. The predicted molar refractivity (Wildman–Crippen MR) is 120 cm³/mol. The smallest absolute Gasteiger partial charge is 0.227 e. The molecule has 30 heavy (non-hydrogen) atoms. The number of fused-ring (bicyclic) bond motifs is 1. The number of benzene rings is 3. The van der Waals surface area contributed by atoms with Crippen LogP contribution in [0.4, 0.5) is 11.4 Å². The SMILES string of the molecule is CNC(=O)C(C)(C)C(c1ccc(Nc2ccc3ccccc3c2)cc1)n1cncn1. The van der Waals surface area contributed by atoms with Gasteiger partial charge >= 0.3 is 0 Å². The molecule has 4 rings (SSSR count). The summed E-state index contributed by atoms with van der Waals surface area (Å²) in [6.07, 6.45) is 3.14. The standard InChI is InChI=1S/C24H25N5O/c1-24(2,23(30)25-3)22(29-16-26-15-27-29)18-9-11-20(12-10-18)28-21-13-8-17-6-4-5-7-19(17)14-21/h4-16,22,28H,1-3H3,(H,25,30). The Labute approximate surface area is 176 Å². The number of hydrogen-bond donors (Lipinski definition) is 2. The van der Waals surface area contributed by atoms with E-state index in [9.17, 15) is 4.79 Å². The van der Waals surface area contributed by atoms with Crippen molar-refractivity contribution in [3.63, 3.8) is 0 Å². The Kier molecular flexibility index (Phi) is 5.23. The van der Waals surface area contributed by atoms with Crippen molar-refractivity contribution >= 4 is 28.1 Å². The number of nitrogens with zero attached hydrogens (tertiary/aromatic N) is 3. The molecule has 0 saturated heterocycles. The summed E-state index contributed by atoms with van der Waals surface area (Å²) in [4.78, 5) is 16.6. The molecular weight excluding hydrogens is 374 g/mol. The van der Waals surface area contributed by atoms with Crippen molar-refractivity contribution < 1.29 is 4.79 Å². The molecule has 0 spiro atoms. The fourth-order valence-corrected chi connectivity index (χ4v) is 3.88. The normalized spacial score (nSPS) is 12.5. The zero-order valence-electron chi connectivity index (χ0n) is 17.3. The highest BCUT2D eigenvalue weighted by atomic mass is 16.2. The van der Waals surface area contributed by atoms with E-state index in [4.69, 9.17) is 0 Å². The molecule has 0 aliphatic carbocycles. The molecule has 4 aromatic rings. The third-order valence-electron chi connectivity index (χ3n) is 5.46. The molecule has 1 heterocycles. The Morgan fingerprint density at radius 2 is 1.67 bits per heavy atom. The third kappa shape index (κ3) is 3.76. The summed E-state index contributed by atoms with van der Waals surface area (Å²) < 4.78 is 1.74. The molecule has 0 aliphatic rings. The summed E-state index contributed by atoms with van der Waals surface area (Å²) in [6.45, 7) is 3.83. The van der Waals surface area contributed by atoms with Gasteiger partial charge < -0.3 is 10.6 Å². The molecule has 6 heteroatoms. The molecule has 0 saturated carbocycles. The first kappa shape index (κ1) is 19.6. The van der Waals surface area contributed by atoms with Crippen molar-refractivity contribution in [2.24, 2.45) is 5.41 Å². The number of carbonyl (C=O) groups excluding carboxylic acids is 1. The van der Waals surface area contributed by atoms with E-state index in [0.717, 1.165) is 16.9 Å². The van der Waals surface area contributed by atoms with Gasteiger partial charge in [-0.1, -0.05) is 42.5 Å². The Morgan fingerprint density at radius 3 is 2.33 bits per heavy atom. The first-order valence-electron chi connectivity index (χ1n) is 9.91. The fraction of sp³-hybridized carbons (Fsp3) is 0.208. The summed E-state index contributed by atoms with van der Waals surface area (Å²) in [5, 5.41) is 12.9. The van der Waals surface area contributed by atoms with E-state index in [1.54, 1.807) is 18.1 Å². The molecule has 1 unspecified atom stereocenters. The predicted octanol–water partition coefficient (Wildman–Crippen LogP) is 4.54. The van der Waals surface area contributed by atoms with Crippen LogP contribution in [0.1, 0.15) is 25.5 Å². The largest absolute Gasteiger partial charge is 0.359 e. The second kappa shape index (κ2) is 7.99. The van der Waals surface area contributed by atoms with Crippen LogP contribution in [0.2, 0.25) is 0 Å². The lowest BCUT2D eigenvalue weighted by atomic mass is 9.79. The molecule has 3 aromatic carbocycles. The van der Waals surface area contributed by atoms with Crippen LogP contribution >= 0.6 is 0 Å². The van der Waals surface area contributed by atoms with Crippen molar-refractivity contribution in [3.05, 3.63) is 84.9 Å². The van der Waals surface area contributed by atoms with E-state index in [-0.39, 0.29) is 11.9 Å². The van der Waals surface area contributed by atoms with E-state index in [1.807, 2.05) is 50.2 Å². The molecule has 1 amide bonds. The van der Waals surface area contributed by atoms with E-state index in [2.05, 4.69) is 51.0 Å². The number of hydrogen-bond acceptors (Lipinski definition) is 4. The second-order valence-corrected chi connectivity index (χ2v) is 7.89. The van der Waals surface area contributed by atoms with Crippen LogP contribution in [-0.4, -0.2) is 27.7 Å². The number of aromatic nitrogens is 3. The minimum absolute atomic E-state index is 0.0543. The molecule has 1 aromatic heterocycles.